The van der Waals surface area contributed by atoms with Crippen molar-refractivity contribution in [3.8, 4) is 0 Å². The predicted octanol–water partition coefficient (Wildman–Crippen LogP) is 2.25. The van der Waals surface area contributed by atoms with Crippen molar-refractivity contribution < 1.29 is 14.7 Å². The van der Waals surface area contributed by atoms with Gasteiger partial charge in [-0.25, -0.2) is 4.79 Å². The number of carbonyl (C=O) groups excluding carboxylic acids is 1. The second kappa shape index (κ2) is 6.19. The number of amides is 1. The van der Waals surface area contributed by atoms with Gasteiger partial charge in [0.25, 0.3) is 0 Å². The van der Waals surface area contributed by atoms with Gasteiger partial charge in [0.2, 0.25) is 5.91 Å². The quantitative estimate of drug-likeness (QED) is 0.718. The lowest BCUT2D eigenvalue weighted by molar-refractivity contribution is -0.114. The zero-order valence-corrected chi connectivity index (χ0v) is 15.1. The summed E-state index contributed by atoms with van der Waals surface area (Å²) in [5, 5.41) is 12.0. The zero-order valence-electron chi connectivity index (χ0n) is 15.1. The van der Waals surface area contributed by atoms with E-state index in [0.717, 1.165) is 43.2 Å². The molecule has 2 heterocycles. The Bertz CT molecular complexity index is 913. The SMILES string of the molecule is CC(=O)Nc1cccc(N2CC3(C2)CN(c2cccc(C(=O)O)c2N)C3)c1. The van der Waals surface area contributed by atoms with Crippen LogP contribution in [0.5, 0.6) is 0 Å². The third-order valence-electron chi connectivity index (χ3n) is 5.29. The van der Waals surface area contributed by atoms with Crippen LogP contribution >= 0.6 is 0 Å². The number of rotatable bonds is 4. The average Bonchev–Trinajstić information content (AvgIpc) is 2.53. The summed E-state index contributed by atoms with van der Waals surface area (Å²) in [6.45, 7) is 5.10. The number of nitrogens with two attached hydrogens (primary N) is 1. The highest BCUT2D eigenvalue weighted by Crippen LogP contribution is 2.45. The molecule has 4 rings (SSSR count). The van der Waals surface area contributed by atoms with Crippen molar-refractivity contribution in [1.82, 2.24) is 0 Å². The van der Waals surface area contributed by atoms with Crippen molar-refractivity contribution in [2.45, 2.75) is 6.92 Å². The third kappa shape index (κ3) is 3.05. The van der Waals surface area contributed by atoms with E-state index >= 15 is 0 Å². The lowest BCUT2D eigenvalue weighted by Gasteiger charge is -2.61. The van der Waals surface area contributed by atoms with E-state index in [9.17, 15) is 14.7 Å². The number of carboxylic acid groups (broad SMARTS) is 1. The van der Waals surface area contributed by atoms with Gasteiger partial charge in [-0.3, -0.25) is 4.79 Å². The number of hydrogen-bond donors (Lipinski definition) is 3. The predicted molar refractivity (Wildman–Crippen MR) is 105 cm³/mol. The van der Waals surface area contributed by atoms with Crippen LogP contribution < -0.4 is 20.9 Å². The first kappa shape index (κ1) is 17.2. The molecule has 2 saturated heterocycles. The van der Waals surface area contributed by atoms with Crippen LogP contribution in [0.4, 0.5) is 22.7 Å². The maximum absolute atomic E-state index is 11.3. The summed E-state index contributed by atoms with van der Waals surface area (Å²) in [6, 6.07) is 13.0. The number of para-hydroxylation sites is 1. The fourth-order valence-corrected chi connectivity index (χ4v) is 4.08. The third-order valence-corrected chi connectivity index (χ3v) is 5.29. The molecule has 2 aliphatic rings. The summed E-state index contributed by atoms with van der Waals surface area (Å²) in [4.78, 5) is 26.9. The Hall–Kier alpha value is -3.22. The Morgan fingerprint density at radius 2 is 1.74 bits per heavy atom. The standard InChI is InChI=1S/C20H22N4O3/c1-13(25)22-14-4-2-5-15(8-14)23-9-20(10-23)11-24(12-20)17-7-3-6-16(18(17)21)19(26)27/h2-8H,9-12,21H2,1H3,(H,22,25)(H,26,27). The van der Waals surface area contributed by atoms with Crippen LogP contribution in [0.15, 0.2) is 42.5 Å². The highest BCUT2D eigenvalue weighted by Gasteiger charge is 2.52. The van der Waals surface area contributed by atoms with Crippen LogP contribution in [0.2, 0.25) is 0 Å². The van der Waals surface area contributed by atoms with Crippen molar-refractivity contribution in [2.24, 2.45) is 5.41 Å². The van der Waals surface area contributed by atoms with Gasteiger partial charge in [-0.2, -0.15) is 0 Å². The fourth-order valence-electron chi connectivity index (χ4n) is 4.08. The van der Waals surface area contributed by atoms with Gasteiger partial charge >= 0.3 is 5.97 Å². The molecule has 7 heteroatoms. The van der Waals surface area contributed by atoms with Crippen LogP contribution in [0, 0.1) is 5.41 Å². The molecule has 0 atom stereocenters. The summed E-state index contributed by atoms with van der Waals surface area (Å²) < 4.78 is 0. The first-order valence-electron chi connectivity index (χ1n) is 8.86. The van der Waals surface area contributed by atoms with Crippen molar-refractivity contribution in [2.75, 3.05) is 47.0 Å². The summed E-state index contributed by atoms with van der Waals surface area (Å²) in [7, 11) is 0. The molecule has 2 aliphatic heterocycles. The van der Waals surface area contributed by atoms with Gasteiger partial charge in [0, 0.05) is 49.9 Å². The first-order valence-corrected chi connectivity index (χ1v) is 8.86. The van der Waals surface area contributed by atoms with E-state index in [1.54, 1.807) is 6.07 Å². The Balaban J connectivity index is 1.40. The molecular formula is C20H22N4O3. The Labute approximate surface area is 157 Å². The number of hydrogen-bond acceptors (Lipinski definition) is 5. The van der Waals surface area contributed by atoms with E-state index in [4.69, 9.17) is 5.73 Å². The van der Waals surface area contributed by atoms with Gasteiger partial charge in [-0.1, -0.05) is 12.1 Å². The van der Waals surface area contributed by atoms with Crippen molar-refractivity contribution in [1.29, 1.82) is 0 Å². The van der Waals surface area contributed by atoms with Gasteiger partial charge in [-0.05, 0) is 30.3 Å². The maximum atomic E-state index is 11.3. The van der Waals surface area contributed by atoms with Crippen LogP contribution in [-0.4, -0.2) is 43.2 Å². The molecular weight excluding hydrogens is 344 g/mol. The zero-order chi connectivity index (χ0) is 19.2. The van der Waals surface area contributed by atoms with Gasteiger partial charge < -0.3 is 26.0 Å². The minimum Gasteiger partial charge on any atom is -0.478 e. The summed E-state index contributed by atoms with van der Waals surface area (Å²) in [6.07, 6.45) is 0. The van der Waals surface area contributed by atoms with E-state index in [1.165, 1.54) is 13.0 Å². The molecule has 4 N–H and O–H groups in total. The van der Waals surface area contributed by atoms with E-state index < -0.39 is 5.97 Å². The number of nitrogens with zero attached hydrogens (tertiary/aromatic N) is 2. The molecule has 0 aromatic heterocycles. The van der Waals surface area contributed by atoms with Crippen molar-refractivity contribution in [3.05, 3.63) is 48.0 Å². The topological polar surface area (TPSA) is 98.9 Å². The molecule has 0 saturated carbocycles. The highest BCUT2D eigenvalue weighted by molar-refractivity contribution is 5.97. The van der Waals surface area contributed by atoms with Gasteiger partial charge in [-0.15, -0.1) is 0 Å². The highest BCUT2D eigenvalue weighted by atomic mass is 16.4. The smallest absolute Gasteiger partial charge is 0.337 e. The van der Waals surface area contributed by atoms with Crippen LogP contribution in [0.1, 0.15) is 17.3 Å². The number of benzene rings is 2. The number of nitrogen functional groups attached to an aromatic ring is 1. The lowest BCUT2D eigenvalue weighted by Crippen LogP contribution is -2.72. The molecule has 0 aliphatic carbocycles. The molecule has 140 valence electrons. The van der Waals surface area contributed by atoms with Gasteiger partial charge in [0.05, 0.1) is 16.9 Å². The molecule has 2 aromatic rings. The second-order valence-corrected chi connectivity index (χ2v) is 7.49. The summed E-state index contributed by atoms with van der Waals surface area (Å²) >= 11 is 0. The number of carboxylic acids is 1. The Morgan fingerprint density at radius 1 is 1.07 bits per heavy atom. The van der Waals surface area contributed by atoms with E-state index in [-0.39, 0.29) is 16.9 Å². The van der Waals surface area contributed by atoms with E-state index in [2.05, 4.69) is 15.1 Å². The van der Waals surface area contributed by atoms with Crippen molar-refractivity contribution in [3.63, 3.8) is 0 Å². The van der Waals surface area contributed by atoms with Gasteiger partial charge in [0.1, 0.15) is 0 Å². The Kier molecular flexibility index (Phi) is 3.95. The monoisotopic (exact) mass is 366 g/mol. The van der Waals surface area contributed by atoms with Gasteiger partial charge in [0.15, 0.2) is 0 Å². The minimum absolute atomic E-state index is 0.0805. The normalized spacial score (nSPS) is 17.2. The largest absolute Gasteiger partial charge is 0.478 e. The fraction of sp³-hybridized carbons (Fsp3) is 0.300. The molecule has 2 fully saturated rings. The minimum atomic E-state index is -1.00. The number of carbonyl (C=O) groups is 2. The number of anilines is 4. The van der Waals surface area contributed by atoms with Crippen molar-refractivity contribution >= 4 is 34.6 Å². The number of nitrogens with one attached hydrogen (secondary N) is 1. The molecule has 2 aromatic carbocycles. The maximum Gasteiger partial charge on any atom is 0.337 e. The lowest BCUT2D eigenvalue weighted by atomic mass is 9.72. The summed E-state index contributed by atoms with van der Waals surface area (Å²) in [5.41, 5.74) is 9.45. The molecule has 0 bridgehead atoms. The Morgan fingerprint density at radius 3 is 2.41 bits per heavy atom. The molecule has 27 heavy (non-hydrogen) atoms. The molecule has 0 radical (unpaired) electrons. The van der Waals surface area contributed by atoms with E-state index in [1.807, 2.05) is 30.3 Å². The van der Waals surface area contributed by atoms with Crippen LogP contribution in [0.25, 0.3) is 0 Å². The van der Waals surface area contributed by atoms with Crippen LogP contribution in [0.3, 0.4) is 0 Å². The molecule has 0 unspecified atom stereocenters. The second-order valence-electron chi connectivity index (χ2n) is 7.49. The average molecular weight is 366 g/mol. The first-order chi connectivity index (χ1) is 12.9. The molecule has 1 amide bonds. The summed E-state index contributed by atoms with van der Waals surface area (Å²) in [5.74, 6) is -1.08. The molecule has 1 spiro atoms. The van der Waals surface area contributed by atoms with E-state index in [0.29, 0.717) is 5.69 Å². The van der Waals surface area contributed by atoms with Crippen LogP contribution in [-0.2, 0) is 4.79 Å². The molecule has 7 nitrogen and oxygen atoms in total. The number of aromatic carboxylic acids is 1.